The highest BCUT2D eigenvalue weighted by molar-refractivity contribution is 5.91. The molecular formula is C8H13NO4. The minimum atomic E-state index is -1.25. The predicted molar refractivity (Wildman–Crippen MR) is 46.1 cm³/mol. The molecule has 0 aliphatic rings. The summed E-state index contributed by atoms with van der Waals surface area (Å²) in [5.74, 6) is -1.76. The van der Waals surface area contributed by atoms with Gasteiger partial charge in [-0.25, -0.2) is 4.79 Å². The second-order valence-electron chi connectivity index (χ2n) is 2.80. The van der Waals surface area contributed by atoms with Crippen LogP contribution in [-0.2, 0) is 9.59 Å². The van der Waals surface area contributed by atoms with Gasteiger partial charge in [0.2, 0.25) is 5.91 Å². The van der Waals surface area contributed by atoms with E-state index in [1.165, 1.54) is 6.08 Å². The van der Waals surface area contributed by atoms with Crippen LogP contribution >= 0.6 is 0 Å². The molecule has 3 N–H and O–H groups in total. The molecule has 0 aromatic heterocycles. The average molecular weight is 187 g/mol. The molecule has 0 aromatic rings. The van der Waals surface area contributed by atoms with Crippen molar-refractivity contribution in [2.24, 2.45) is 0 Å². The van der Waals surface area contributed by atoms with Crippen LogP contribution in [-0.4, -0.2) is 34.7 Å². The van der Waals surface area contributed by atoms with E-state index in [1.54, 1.807) is 13.8 Å². The SMILES string of the molecule is CC(C)=CC(=O)N[C@H](CO)C(=O)O. The molecule has 0 saturated carbocycles. The third kappa shape index (κ3) is 4.97. The Morgan fingerprint density at radius 1 is 1.46 bits per heavy atom. The van der Waals surface area contributed by atoms with E-state index in [0.717, 1.165) is 5.57 Å². The topological polar surface area (TPSA) is 86.6 Å². The zero-order valence-electron chi connectivity index (χ0n) is 7.57. The van der Waals surface area contributed by atoms with Crippen LogP contribution in [0.2, 0.25) is 0 Å². The molecule has 1 amide bonds. The van der Waals surface area contributed by atoms with Crippen molar-refractivity contribution in [3.05, 3.63) is 11.6 Å². The summed E-state index contributed by atoms with van der Waals surface area (Å²) < 4.78 is 0. The molecule has 74 valence electrons. The van der Waals surface area contributed by atoms with Crippen molar-refractivity contribution in [1.82, 2.24) is 5.32 Å². The maximum atomic E-state index is 11.0. The third-order valence-electron chi connectivity index (χ3n) is 1.22. The van der Waals surface area contributed by atoms with Crippen LogP contribution in [0.3, 0.4) is 0 Å². The molecule has 0 spiro atoms. The largest absolute Gasteiger partial charge is 0.480 e. The van der Waals surface area contributed by atoms with E-state index in [-0.39, 0.29) is 0 Å². The van der Waals surface area contributed by atoms with Crippen molar-refractivity contribution >= 4 is 11.9 Å². The summed E-state index contributed by atoms with van der Waals surface area (Å²) in [6.07, 6.45) is 1.27. The van der Waals surface area contributed by atoms with Gasteiger partial charge in [-0.05, 0) is 13.8 Å². The molecule has 0 aliphatic carbocycles. The molecule has 0 unspecified atom stereocenters. The van der Waals surface area contributed by atoms with Crippen LogP contribution in [0.15, 0.2) is 11.6 Å². The zero-order valence-corrected chi connectivity index (χ0v) is 7.57. The summed E-state index contributed by atoms with van der Waals surface area (Å²) in [5, 5.41) is 19.2. The lowest BCUT2D eigenvalue weighted by atomic mass is 10.3. The molecule has 0 aliphatic heterocycles. The first-order chi connectivity index (χ1) is 5.97. The molecule has 0 radical (unpaired) electrons. The number of aliphatic hydroxyl groups is 1. The van der Waals surface area contributed by atoms with Crippen LogP contribution in [0.25, 0.3) is 0 Å². The maximum absolute atomic E-state index is 11.0. The molecule has 0 heterocycles. The first kappa shape index (κ1) is 11.6. The first-order valence-electron chi connectivity index (χ1n) is 3.76. The first-order valence-corrected chi connectivity index (χ1v) is 3.76. The van der Waals surface area contributed by atoms with E-state index < -0.39 is 24.5 Å². The number of allylic oxidation sites excluding steroid dienone is 1. The van der Waals surface area contributed by atoms with Crippen LogP contribution < -0.4 is 5.32 Å². The Morgan fingerprint density at radius 2 is 2.00 bits per heavy atom. The van der Waals surface area contributed by atoms with Crippen LogP contribution in [0.1, 0.15) is 13.8 Å². The number of carbonyl (C=O) groups is 2. The summed E-state index contributed by atoms with van der Waals surface area (Å²) in [4.78, 5) is 21.3. The fraction of sp³-hybridized carbons (Fsp3) is 0.500. The van der Waals surface area contributed by atoms with Crippen molar-refractivity contribution < 1.29 is 19.8 Å². The number of aliphatic carboxylic acids is 1. The Kier molecular flexibility index (Phi) is 4.76. The van der Waals surface area contributed by atoms with Gasteiger partial charge in [0.25, 0.3) is 0 Å². The van der Waals surface area contributed by atoms with E-state index in [9.17, 15) is 9.59 Å². The number of carbonyl (C=O) groups excluding carboxylic acids is 1. The second-order valence-corrected chi connectivity index (χ2v) is 2.80. The number of amides is 1. The van der Waals surface area contributed by atoms with Crippen molar-refractivity contribution in [3.63, 3.8) is 0 Å². The number of rotatable bonds is 4. The van der Waals surface area contributed by atoms with Crippen molar-refractivity contribution in [3.8, 4) is 0 Å². The van der Waals surface area contributed by atoms with E-state index in [0.29, 0.717) is 0 Å². The average Bonchev–Trinajstić information content (AvgIpc) is 1.98. The minimum absolute atomic E-state index is 0.513. The molecule has 0 rings (SSSR count). The highest BCUT2D eigenvalue weighted by Crippen LogP contribution is 1.89. The maximum Gasteiger partial charge on any atom is 0.328 e. The lowest BCUT2D eigenvalue weighted by Crippen LogP contribution is -2.42. The monoisotopic (exact) mass is 187 g/mol. The van der Waals surface area contributed by atoms with Crippen LogP contribution in [0.4, 0.5) is 0 Å². The summed E-state index contributed by atoms with van der Waals surface area (Å²) in [5.41, 5.74) is 0.763. The normalized spacial score (nSPS) is 11.6. The Hall–Kier alpha value is -1.36. The van der Waals surface area contributed by atoms with Gasteiger partial charge in [-0.3, -0.25) is 4.79 Å². The molecule has 0 saturated heterocycles. The van der Waals surface area contributed by atoms with Crippen molar-refractivity contribution in [1.29, 1.82) is 0 Å². The molecule has 0 aromatic carbocycles. The highest BCUT2D eigenvalue weighted by Gasteiger charge is 2.16. The van der Waals surface area contributed by atoms with Gasteiger partial charge in [-0.1, -0.05) is 5.57 Å². The number of carboxylic acids is 1. The van der Waals surface area contributed by atoms with Gasteiger partial charge in [-0.15, -0.1) is 0 Å². The van der Waals surface area contributed by atoms with E-state index in [1.807, 2.05) is 0 Å². The standard InChI is InChI=1S/C8H13NO4/c1-5(2)3-7(11)9-6(4-10)8(12)13/h3,6,10H,4H2,1-2H3,(H,9,11)(H,12,13)/t6-/m1/s1. The molecule has 5 heteroatoms. The second kappa shape index (κ2) is 5.31. The summed E-state index contributed by atoms with van der Waals surface area (Å²) >= 11 is 0. The lowest BCUT2D eigenvalue weighted by molar-refractivity contribution is -0.142. The van der Waals surface area contributed by atoms with Gasteiger partial charge in [0.15, 0.2) is 6.04 Å². The van der Waals surface area contributed by atoms with Gasteiger partial charge < -0.3 is 15.5 Å². The smallest absolute Gasteiger partial charge is 0.328 e. The van der Waals surface area contributed by atoms with Crippen molar-refractivity contribution in [2.45, 2.75) is 19.9 Å². The Bertz CT molecular complexity index is 230. The van der Waals surface area contributed by atoms with E-state index >= 15 is 0 Å². The minimum Gasteiger partial charge on any atom is -0.480 e. The predicted octanol–water partition coefficient (Wildman–Crippen LogP) is -0.486. The van der Waals surface area contributed by atoms with Gasteiger partial charge in [-0.2, -0.15) is 0 Å². The van der Waals surface area contributed by atoms with Gasteiger partial charge in [0.1, 0.15) is 0 Å². The fourth-order valence-electron chi connectivity index (χ4n) is 0.661. The Balaban J connectivity index is 4.18. The summed E-state index contributed by atoms with van der Waals surface area (Å²) in [6, 6.07) is -1.23. The molecule has 0 bridgehead atoms. The fourth-order valence-corrected chi connectivity index (χ4v) is 0.661. The quantitative estimate of drug-likeness (QED) is 0.518. The van der Waals surface area contributed by atoms with Crippen LogP contribution in [0.5, 0.6) is 0 Å². The third-order valence-corrected chi connectivity index (χ3v) is 1.22. The van der Waals surface area contributed by atoms with Crippen molar-refractivity contribution in [2.75, 3.05) is 6.61 Å². The Labute approximate surface area is 76.1 Å². The number of hydrogen-bond donors (Lipinski definition) is 3. The number of nitrogens with one attached hydrogen (secondary N) is 1. The van der Waals surface area contributed by atoms with Gasteiger partial charge in [0.05, 0.1) is 6.61 Å². The number of hydrogen-bond acceptors (Lipinski definition) is 3. The highest BCUT2D eigenvalue weighted by atomic mass is 16.4. The Morgan fingerprint density at radius 3 is 2.31 bits per heavy atom. The van der Waals surface area contributed by atoms with Gasteiger partial charge >= 0.3 is 5.97 Å². The molecule has 0 fully saturated rings. The molecule has 1 atom stereocenters. The van der Waals surface area contributed by atoms with E-state index in [4.69, 9.17) is 10.2 Å². The van der Waals surface area contributed by atoms with Gasteiger partial charge in [0, 0.05) is 6.08 Å². The molecular weight excluding hydrogens is 174 g/mol. The summed E-state index contributed by atoms with van der Waals surface area (Å²) in [6.45, 7) is 2.82. The number of carboxylic acid groups (broad SMARTS) is 1. The molecule has 13 heavy (non-hydrogen) atoms. The molecule has 5 nitrogen and oxygen atoms in total. The van der Waals surface area contributed by atoms with E-state index in [2.05, 4.69) is 5.32 Å². The summed E-state index contributed by atoms with van der Waals surface area (Å²) in [7, 11) is 0. The van der Waals surface area contributed by atoms with Crippen LogP contribution in [0, 0.1) is 0 Å². The number of aliphatic hydroxyl groups excluding tert-OH is 1. The zero-order chi connectivity index (χ0) is 10.4. The lowest BCUT2D eigenvalue weighted by Gasteiger charge is -2.09.